The third-order valence-corrected chi connectivity index (χ3v) is 3.50. The van der Waals surface area contributed by atoms with Gasteiger partial charge in [0.05, 0.1) is 19.2 Å². The second-order valence-corrected chi connectivity index (χ2v) is 4.91. The Balaban J connectivity index is 2.49. The quantitative estimate of drug-likeness (QED) is 0.935. The van der Waals surface area contributed by atoms with Crippen molar-refractivity contribution in [2.24, 2.45) is 0 Å². The molecule has 1 heterocycles. The van der Waals surface area contributed by atoms with Gasteiger partial charge in [0.1, 0.15) is 17.6 Å². The van der Waals surface area contributed by atoms with Gasteiger partial charge in [0.25, 0.3) is 0 Å². The molecule has 1 unspecified atom stereocenters. The van der Waals surface area contributed by atoms with E-state index in [2.05, 4.69) is 0 Å². The lowest BCUT2D eigenvalue weighted by molar-refractivity contribution is 0.217. The topological polar surface area (TPSA) is 51.8 Å². The molecule has 1 atom stereocenters. The molecule has 2 rings (SSSR count). The zero-order valence-corrected chi connectivity index (χ0v) is 12.6. The second-order valence-electron chi connectivity index (χ2n) is 4.50. The van der Waals surface area contributed by atoms with Crippen LogP contribution in [0.25, 0.3) is 0 Å². The average Bonchev–Trinajstić information content (AvgIpc) is 2.76. The molecule has 0 amide bonds. The van der Waals surface area contributed by atoms with Gasteiger partial charge >= 0.3 is 0 Å². The summed E-state index contributed by atoms with van der Waals surface area (Å²) in [5, 5.41) is 10.9. The number of ether oxygens (including phenoxy) is 2. The molecule has 20 heavy (non-hydrogen) atoms. The second kappa shape index (κ2) is 5.77. The van der Waals surface area contributed by atoms with Gasteiger partial charge in [0, 0.05) is 17.2 Å². The van der Waals surface area contributed by atoms with Gasteiger partial charge in [0.2, 0.25) is 0 Å². The van der Waals surface area contributed by atoms with Crippen LogP contribution < -0.4 is 9.47 Å². The summed E-state index contributed by atoms with van der Waals surface area (Å²) in [5.41, 5.74) is 1.24. The summed E-state index contributed by atoms with van der Waals surface area (Å²) in [4.78, 5) is 0. The van der Waals surface area contributed by atoms with E-state index in [1.807, 2.05) is 6.92 Å². The first-order valence-corrected chi connectivity index (χ1v) is 6.52. The Morgan fingerprint density at radius 1 is 1.05 bits per heavy atom. The first kappa shape index (κ1) is 14.8. The van der Waals surface area contributed by atoms with Crippen LogP contribution in [0.1, 0.15) is 28.8 Å². The van der Waals surface area contributed by atoms with Crippen molar-refractivity contribution in [3.05, 3.63) is 45.9 Å². The van der Waals surface area contributed by atoms with Crippen LogP contribution in [0.15, 0.2) is 22.6 Å². The van der Waals surface area contributed by atoms with E-state index in [0.717, 1.165) is 5.76 Å². The number of rotatable bonds is 4. The molecular weight excluding hydrogens is 280 g/mol. The Hall–Kier alpha value is -1.65. The Morgan fingerprint density at radius 3 is 2.15 bits per heavy atom. The van der Waals surface area contributed by atoms with Gasteiger partial charge in [-0.15, -0.1) is 0 Å². The summed E-state index contributed by atoms with van der Waals surface area (Å²) in [7, 11) is 3.07. The number of hydrogen-bond acceptors (Lipinski definition) is 4. The number of halogens is 1. The minimum atomic E-state index is -0.875. The molecule has 0 fully saturated rings. The predicted octanol–water partition coefficient (Wildman–Crippen LogP) is 3.65. The summed E-state index contributed by atoms with van der Waals surface area (Å²) < 4.78 is 15.9. The van der Waals surface area contributed by atoms with E-state index in [4.69, 9.17) is 25.5 Å². The number of methoxy groups -OCH3 is 2. The van der Waals surface area contributed by atoms with E-state index in [1.54, 1.807) is 25.1 Å². The van der Waals surface area contributed by atoms with Gasteiger partial charge in [-0.1, -0.05) is 11.6 Å². The third-order valence-electron chi connectivity index (χ3n) is 3.17. The number of furan rings is 1. The molecule has 4 nitrogen and oxygen atoms in total. The third kappa shape index (κ3) is 2.62. The van der Waals surface area contributed by atoms with Crippen LogP contribution >= 0.6 is 11.6 Å². The summed E-state index contributed by atoms with van der Waals surface area (Å²) in [6.45, 7) is 3.64. The number of aliphatic hydroxyl groups is 1. The highest BCUT2D eigenvalue weighted by atomic mass is 35.5. The summed E-state index contributed by atoms with van der Waals surface area (Å²) in [6, 6.07) is 5.10. The van der Waals surface area contributed by atoms with Gasteiger partial charge in [0.15, 0.2) is 11.5 Å². The summed E-state index contributed by atoms with van der Waals surface area (Å²) in [6.07, 6.45) is -0.875. The maximum Gasteiger partial charge on any atom is 0.162 e. The zero-order valence-electron chi connectivity index (χ0n) is 11.9. The highest BCUT2D eigenvalue weighted by Crippen LogP contribution is 2.38. The Bertz CT molecular complexity index is 619. The van der Waals surface area contributed by atoms with Gasteiger partial charge in [-0.3, -0.25) is 0 Å². The van der Waals surface area contributed by atoms with E-state index < -0.39 is 6.10 Å². The van der Waals surface area contributed by atoms with Crippen LogP contribution in [0.3, 0.4) is 0 Å². The van der Waals surface area contributed by atoms with Crippen molar-refractivity contribution in [2.45, 2.75) is 20.0 Å². The molecule has 0 saturated carbocycles. The van der Waals surface area contributed by atoms with E-state index in [-0.39, 0.29) is 0 Å². The minimum absolute atomic E-state index is 0.411. The van der Waals surface area contributed by atoms with Crippen molar-refractivity contribution in [3.63, 3.8) is 0 Å². The number of aliphatic hydroxyl groups excluding tert-OH is 1. The highest BCUT2D eigenvalue weighted by molar-refractivity contribution is 6.31. The van der Waals surface area contributed by atoms with Crippen molar-refractivity contribution in [1.29, 1.82) is 0 Å². The standard InChI is InChI=1S/C15H17ClO4/c1-8-5-10(9(2)20-8)15(17)11-6-13(18-3)14(19-4)7-12(11)16/h5-7,15,17H,1-4H3. The number of benzene rings is 1. The lowest BCUT2D eigenvalue weighted by Gasteiger charge is -2.15. The van der Waals surface area contributed by atoms with Gasteiger partial charge in [-0.05, 0) is 26.0 Å². The number of aryl methyl sites for hydroxylation is 2. The molecule has 0 bridgehead atoms. The highest BCUT2D eigenvalue weighted by Gasteiger charge is 2.21. The molecule has 0 radical (unpaired) electrons. The van der Waals surface area contributed by atoms with Crippen molar-refractivity contribution in [2.75, 3.05) is 14.2 Å². The smallest absolute Gasteiger partial charge is 0.162 e. The van der Waals surface area contributed by atoms with Crippen LogP contribution in [-0.2, 0) is 0 Å². The molecule has 2 aromatic rings. The fourth-order valence-electron chi connectivity index (χ4n) is 2.17. The fourth-order valence-corrected chi connectivity index (χ4v) is 2.43. The van der Waals surface area contributed by atoms with E-state index in [0.29, 0.717) is 33.4 Å². The fraction of sp³-hybridized carbons (Fsp3) is 0.333. The monoisotopic (exact) mass is 296 g/mol. The Labute approximate surface area is 122 Å². The Kier molecular flexibility index (Phi) is 4.26. The van der Waals surface area contributed by atoms with Crippen LogP contribution in [0.2, 0.25) is 5.02 Å². The SMILES string of the molecule is COc1cc(Cl)c(C(O)c2cc(C)oc2C)cc1OC. The predicted molar refractivity (Wildman–Crippen MR) is 76.8 cm³/mol. The van der Waals surface area contributed by atoms with Crippen molar-refractivity contribution < 1.29 is 19.0 Å². The molecule has 108 valence electrons. The molecule has 0 aliphatic heterocycles. The van der Waals surface area contributed by atoms with Crippen molar-refractivity contribution in [1.82, 2.24) is 0 Å². The van der Waals surface area contributed by atoms with Gasteiger partial charge < -0.3 is 19.0 Å². The maximum absolute atomic E-state index is 10.5. The van der Waals surface area contributed by atoms with Crippen molar-refractivity contribution in [3.8, 4) is 11.5 Å². The summed E-state index contributed by atoms with van der Waals surface area (Å²) >= 11 is 6.21. The minimum Gasteiger partial charge on any atom is -0.493 e. The molecule has 5 heteroatoms. The van der Waals surface area contributed by atoms with Gasteiger partial charge in [-0.25, -0.2) is 0 Å². The molecule has 0 spiro atoms. The molecule has 0 aliphatic carbocycles. The van der Waals surface area contributed by atoms with Crippen LogP contribution in [-0.4, -0.2) is 19.3 Å². The maximum atomic E-state index is 10.5. The normalized spacial score (nSPS) is 12.3. The lowest BCUT2D eigenvalue weighted by Crippen LogP contribution is -2.02. The van der Waals surface area contributed by atoms with Crippen LogP contribution in [0, 0.1) is 13.8 Å². The van der Waals surface area contributed by atoms with E-state index in [1.165, 1.54) is 14.2 Å². The molecule has 0 aliphatic rings. The number of hydrogen-bond donors (Lipinski definition) is 1. The average molecular weight is 297 g/mol. The van der Waals surface area contributed by atoms with Gasteiger partial charge in [-0.2, -0.15) is 0 Å². The molecular formula is C15H17ClO4. The lowest BCUT2D eigenvalue weighted by atomic mass is 10.0. The first-order chi connectivity index (χ1) is 9.47. The molecule has 1 aromatic heterocycles. The molecule has 0 saturated heterocycles. The summed E-state index contributed by atoms with van der Waals surface area (Å²) in [5.74, 6) is 2.45. The first-order valence-electron chi connectivity index (χ1n) is 6.14. The van der Waals surface area contributed by atoms with Crippen molar-refractivity contribution >= 4 is 11.6 Å². The van der Waals surface area contributed by atoms with E-state index in [9.17, 15) is 5.11 Å². The largest absolute Gasteiger partial charge is 0.493 e. The van der Waals surface area contributed by atoms with Crippen LogP contribution in [0.5, 0.6) is 11.5 Å². The van der Waals surface area contributed by atoms with E-state index >= 15 is 0 Å². The zero-order chi connectivity index (χ0) is 14.9. The molecule has 1 N–H and O–H groups in total. The molecule has 1 aromatic carbocycles. The van der Waals surface area contributed by atoms with Crippen LogP contribution in [0.4, 0.5) is 0 Å². The Morgan fingerprint density at radius 2 is 1.65 bits per heavy atom.